The summed E-state index contributed by atoms with van der Waals surface area (Å²) in [4.78, 5) is 5.34. The van der Waals surface area contributed by atoms with Crippen LogP contribution in [-0.2, 0) is 0 Å². The molecule has 2 aliphatic rings. The van der Waals surface area contributed by atoms with Crippen molar-refractivity contribution in [3.8, 4) is 0 Å². The molecule has 0 spiro atoms. The van der Waals surface area contributed by atoms with Crippen molar-refractivity contribution in [3.63, 3.8) is 0 Å². The standard InChI is InChI=1S/C15H30N2.C2H6/c1-4-16-10-7-15(14(3)11-16)12-17-8-5-13(2)6-9-17;1-2/h13-15H,4-12H2,1-3H3;1-2H3/t14-,15?;/m1./s1. The third-order valence-electron chi connectivity index (χ3n) is 4.98. The lowest BCUT2D eigenvalue weighted by Gasteiger charge is -2.40. The highest BCUT2D eigenvalue weighted by atomic mass is 15.2. The van der Waals surface area contributed by atoms with Gasteiger partial charge in [-0.25, -0.2) is 0 Å². The van der Waals surface area contributed by atoms with Crippen LogP contribution < -0.4 is 0 Å². The molecule has 0 aromatic rings. The molecular weight excluding hydrogens is 232 g/mol. The molecule has 2 saturated heterocycles. The Kier molecular flexibility index (Phi) is 8.01. The van der Waals surface area contributed by atoms with Crippen LogP contribution in [0.2, 0.25) is 0 Å². The van der Waals surface area contributed by atoms with E-state index in [-0.39, 0.29) is 0 Å². The van der Waals surface area contributed by atoms with Gasteiger partial charge in [-0.2, -0.15) is 0 Å². The summed E-state index contributed by atoms with van der Waals surface area (Å²) >= 11 is 0. The molecule has 2 atom stereocenters. The molecule has 2 fully saturated rings. The Hall–Kier alpha value is -0.0800. The van der Waals surface area contributed by atoms with Crippen molar-refractivity contribution in [2.45, 2.75) is 53.9 Å². The molecule has 2 heterocycles. The van der Waals surface area contributed by atoms with Gasteiger partial charge in [-0.1, -0.05) is 34.6 Å². The van der Waals surface area contributed by atoms with E-state index in [1.165, 1.54) is 58.5 Å². The Morgan fingerprint density at radius 2 is 1.47 bits per heavy atom. The number of hydrogen-bond donors (Lipinski definition) is 0. The first kappa shape index (κ1) is 17.0. The van der Waals surface area contributed by atoms with E-state index in [0.717, 1.165) is 17.8 Å². The van der Waals surface area contributed by atoms with E-state index in [9.17, 15) is 0 Å². The van der Waals surface area contributed by atoms with Crippen LogP contribution in [0, 0.1) is 17.8 Å². The molecule has 0 radical (unpaired) electrons. The molecule has 0 amide bonds. The van der Waals surface area contributed by atoms with Crippen LogP contribution in [-0.4, -0.2) is 49.1 Å². The number of likely N-dealkylation sites (tertiary alicyclic amines) is 2. The van der Waals surface area contributed by atoms with E-state index < -0.39 is 0 Å². The molecule has 2 nitrogen and oxygen atoms in total. The highest BCUT2D eigenvalue weighted by molar-refractivity contribution is 4.81. The van der Waals surface area contributed by atoms with Crippen molar-refractivity contribution in [3.05, 3.63) is 0 Å². The van der Waals surface area contributed by atoms with E-state index in [2.05, 4.69) is 30.6 Å². The average Bonchev–Trinajstić information content (AvgIpc) is 2.45. The summed E-state index contributed by atoms with van der Waals surface area (Å²) in [7, 11) is 0. The maximum atomic E-state index is 2.72. The molecule has 0 aromatic carbocycles. The Morgan fingerprint density at radius 3 is 2.00 bits per heavy atom. The molecule has 0 aromatic heterocycles. The molecule has 19 heavy (non-hydrogen) atoms. The minimum Gasteiger partial charge on any atom is -0.303 e. The quantitative estimate of drug-likeness (QED) is 0.769. The first-order valence-corrected chi connectivity index (χ1v) is 8.63. The fourth-order valence-electron chi connectivity index (χ4n) is 3.42. The molecule has 2 aliphatic heterocycles. The van der Waals surface area contributed by atoms with Gasteiger partial charge < -0.3 is 9.80 Å². The first-order chi connectivity index (χ1) is 9.19. The minimum absolute atomic E-state index is 0.892. The summed E-state index contributed by atoms with van der Waals surface area (Å²) in [5.41, 5.74) is 0. The third-order valence-corrected chi connectivity index (χ3v) is 4.98. The molecule has 0 aliphatic carbocycles. The van der Waals surface area contributed by atoms with Crippen molar-refractivity contribution < 1.29 is 0 Å². The van der Waals surface area contributed by atoms with Gasteiger partial charge in [-0.15, -0.1) is 0 Å². The van der Waals surface area contributed by atoms with Gasteiger partial charge in [0.15, 0.2) is 0 Å². The monoisotopic (exact) mass is 268 g/mol. The maximum absolute atomic E-state index is 2.72. The van der Waals surface area contributed by atoms with Gasteiger partial charge in [-0.05, 0) is 63.2 Å². The molecule has 1 unspecified atom stereocenters. The van der Waals surface area contributed by atoms with Gasteiger partial charge in [0.2, 0.25) is 0 Å². The summed E-state index contributed by atoms with van der Waals surface area (Å²) in [6.45, 7) is 19.1. The molecular formula is C17H36N2. The highest BCUT2D eigenvalue weighted by Crippen LogP contribution is 2.26. The second-order valence-electron chi connectivity index (χ2n) is 6.40. The number of nitrogens with zero attached hydrogens (tertiary/aromatic N) is 2. The zero-order valence-corrected chi connectivity index (χ0v) is 14.0. The van der Waals surface area contributed by atoms with Gasteiger partial charge >= 0.3 is 0 Å². The highest BCUT2D eigenvalue weighted by Gasteiger charge is 2.27. The Balaban J connectivity index is 0.000000861. The van der Waals surface area contributed by atoms with Crippen molar-refractivity contribution >= 4 is 0 Å². The zero-order valence-electron chi connectivity index (χ0n) is 14.0. The van der Waals surface area contributed by atoms with Gasteiger partial charge in [0.1, 0.15) is 0 Å². The normalized spacial score (nSPS) is 30.8. The van der Waals surface area contributed by atoms with E-state index in [4.69, 9.17) is 0 Å². The van der Waals surface area contributed by atoms with Crippen molar-refractivity contribution in [1.82, 2.24) is 9.80 Å². The predicted octanol–water partition coefficient (Wildman–Crippen LogP) is 3.72. The second kappa shape index (κ2) is 8.97. The zero-order chi connectivity index (χ0) is 14.3. The Bertz CT molecular complexity index is 221. The van der Waals surface area contributed by atoms with Crippen LogP contribution in [0.3, 0.4) is 0 Å². The van der Waals surface area contributed by atoms with Gasteiger partial charge in [0.05, 0.1) is 0 Å². The van der Waals surface area contributed by atoms with Gasteiger partial charge in [0.25, 0.3) is 0 Å². The average molecular weight is 268 g/mol. The molecule has 2 heteroatoms. The molecule has 114 valence electrons. The van der Waals surface area contributed by atoms with Crippen LogP contribution in [0.15, 0.2) is 0 Å². The summed E-state index contributed by atoms with van der Waals surface area (Å²) in [5.74, 6) is 2.81. The summed E-state index contributed by atoms with van der Waals surface area (Å²) in [6, 6.07) is 0. The Labute approximate surface area is 121 Å². The largest absolute Gasteiger partial charge is 0.303 e. The van der Waals surface area contributed by atoms with Crippen LogP contribution in [0.25, 0.3) is 0 Å². The van der Waals surface area contributed by atoms with E-state index in [1.807, 2.05) is 13.8 Å². The summed E-state index contributed by atoms with van der Waals surface area (Å²) in [5, 5.41) is 0. The molecule has 2 rings (SSSR count). The molecule has 0 N–H and O–H groups in total. The van der Waals surface area contributed by atoms with Crippen LogP contribution >= 0.6 is 0 Å². The van der Waals surface area contributed by atoms with E-state index >= 15 is 0 Å². The molecule has 0 bridgehead atoms. The summed E-state index contributed by atoms with van der Waals surface area (Å²) in [6.07, 6.45) is 4.26. The van der Waals surface area contributed by atoms with Crippen molar-refractivity contribution in [2.75, 3.05) is 39.3 Å². The number of hydrogen-bond acceptors (Lipinski definition) is 2. The fraction of sp³-hybridized carbons (Fsp3) is 1.00. The predicted molar refractivity (Wildman–Crippen MR) is 85.6 cm³/mol. The van der Waals surface area contributed by atoms with Crippen molar-refractivity contribution in [1.29, 1.82) is 0 Å². The maximum Gasteiger partial charge on any atom is 0.00132 e. The fourth-order valence-corrected chi connectivity index (χ4v) is 3.42. The summed E-state index contributed by atoms with van der Waals surface area (Å²) < 4.78 is 0. The van der Waals surface area contributed by atoms with Crippen LogP contribution in [0.5, 0.6) is 0 Å². The van der Waals surface area contributed by atoms with Crippen molar-refractivity contribution in [2.24, 2.45) is 17.8 Å². The smallest absolute Gasteiger partial charge is 0.00132 e. The van der Waals surface area contributed by atoms with Crippen LogP contribution in [0.1, 0.15) is 53.9 Å². The SMILES string of the molecule is CC.CCN1CCC(CN2CCC(C)CC2)[C@H](C)C1. The lowest BCUT2D eigenvalue weighted by atomic mass is 9.85. The number of rotatable bonds is 3. The lowest BCUT2D eigenvalue weighted by molar-refractivity contribution is 0.0857. The van der Waals surface area contributed by atoms with Gasteiger partial charge in [0, 0.05) is 13.1 Å². The first-order valence-electron chi connectivity index (χ1n) is 8.63. The Morgan fingerprint density at radius 1 is 0.895 bits per heavy atom. The van der Waals surface area contributed by atoms with Crippen LogP contribution in [0.4, 0.5) is 0 Å². The second-order valence-corrected chi connectivity index (χ2v) is 6.40. The topological polar surface area (TPSA) is 6.48 Å². The van der Waals surface area contributed by atoms with Gasteiger partial charge in [-0.3, -0.25) is 0 Å². The van der Waals surface area contributed by atoms with E-state index in [1.54, 1.807) is 0 Å². The minimum atomic E-state index is 0.892. The lowest BCUT2D eigenvalue weighted by Crippen LogP contribution is -2.45. The van der Waals surface area contributed by atoms with E-state index in [0.29, 0.717) is 0 Å². The third kappa shape index (κ3) is 5.43. The molecule has 0 saturated carbocycles. The number of piperidine rings is 2.